The first-order valence-electron chi connectivity index (χ1n) is 6.06. The maximum absolute atomic E-state index is 6.09. The van der Waals surface area contributed by atoms with Crippen LogP contribution in [0.5, 0.6) is 0 Å². The van der Waals surface area contributed by atoms with E-state index in [1.807, 2.05) is 6.07 Å². The van der Waals surface area contributed by atoms with Gasteiger partial charge in [-0.3, -0.25) is 0 Å². The Balaban J connectivity index is 2.33. The van der Waals surface area contributed by atoms with E-state index < -0.39 is 0 Å². The Hall–Kier alpha value is -2.02. The van der Waals surface area contributed by atoms with Crippen LogP contribution in [-0.2, 0) is 12.8 Å². The highest BCUT2D eigenvalue weighted by atomic mass is 14.5. The Bertz CT molecular complexity index is 756. The lowest BCUT2D eigenvalue weighted by Crippen LogP contribution is -1.89. The largest absolute Gasteiger partial charge is 0.398 e. The van der Waals surface area contributed by atoms with Crippen LogP contribution in [0.3, 0.4) is 0 Å². The summed E-state index contributed by atoms with van der Waals surface area (Å²) in [6, 6.07) is 15.1. The van der Waals surface area contributed by atoms with Crippen molar-refractivity contribution < 1.29 is 0 Å². The summed E-state index contributed by atoms with van der Waals surface area (Å²) in [7, 11) is 0. The molecule has 0 aliphatic heterocycles. The minimum absolute atomic E-state index is 0.887. The number of hydrogen-bond donors (Lipinski definition) is 1. The molecule has 0 unspecified atom stereocenters. The van der Waals surface area contributed by atoms with Gasteiger partial charge in [-0.05, 0) is 52.3 Å². The van der Waals surface area contributed by atoms with Crippen molar-refractivity contribution in [3.63, 3.8) is 0 Å². The third-order valence-corrected chi connectivity index (χ3v) is 3.89. The molecular weight excluding hydrogens is 206 g/mol. The van der Waals surface area contributed by atoms with Crippen LogP contribution in [0.1, 0.15) is 11.1 Å². The number of benzene rings is 3. The van der Waals surface area contributed by atoms with Gasteiger partial charge in [0.1, 0.15) is 0 Å². The molecule has 1 heteroatoms. The van der Waals surface area contributed by atoms with Gasteiger partial charge in [0, 0.05) is 11.1 Å². The fraction of sp³-hybridized carbons (Fsp3) is 0.125. The smallest absolute Gasteiger partial charge is 0.0394 e. The molecular formula is C16H13N. The van der Waals surface area contributed by atoms with Gasteiger partial charge in [-0.2, -0.15) is 0 Å². The molecule has 0 atom stereocenters. The van der Waals surface area contributed by atoms with Gasteiger partial charge in [-0.25, -0.2) is 0 Å². The lowest BCUT2D eigenvalue weighted by atomic mass is 9.97. The topological polar surface area (TPSA) is 26.0 Å². The summed E-state index contributed by atoms with van der Waals surface area (Å²) in [6.07, 6.45) is 2.32. The second kappa shape index (κ2) is 3.01. The van der Waals surface area contributed by atoms with Gasteiger partial charge in [0.2, 0.25) is 0 Å². The van der Waals surface area contributed by atoms with E-state index in [4.69, 9.17) is 5.73 Å². The summed E-state index contributed by atoms with van der Waals surface area (Å²) in [5, 5.41) is 5.34. The normalized spacial score (nSPS) is 13.6. The molecule has 0 fully saturated rings. The molecule has 17 heavy (non-hydrogen) atoms. The molecule has 3 aromatic carbocycles. The number of rotatable bonds is 0. The number of aryl methyl sites for hydroxylation is 2. The van der Waals surface area contributed by atoms with Gasteiger partial charge in [0.05, 0.1) is 0 Å². The summed E-state index contributed by atoms with van der Waals surface area (Å²) in [5.41, 5.74) is 9.95. The zero-order valence-electron chi connectivity index (χ0n) is 9.53. The Labute approximate surface area is 99.9 Å². The third kappa shape index (κ3) is 1.09. The molecule has 0 spiro atoms. The molecule has 0 radical (unpaired) electrons. The highest BCUT2D eigenvalue weighted by Crippen LogP contribution is 2.37. The molecule has 2 N–H and O–H groups in total. The maximum atomic E-state index is 6.09. The number of fused-ring (bicyclic) bond motifs is 2. The fourth-order valence-corrected chi connectivity index (χ4v) is 3.13. The minimum Gasteiger partial charge on any atom is -0.398 e. The van der Waals surface area contributed by atoms with Gasteiger partial charge in [-0.1, -0.05) is 30.3 Å². The summed E-state index contributed by atoms with van der Waals surface area (Å²) < 4.78 is 0. The summed E-state index contributed by atoms with van der Waals surface area (Å²) in [4.78, 5) is 0. The summed E-state index contributed by atoms with van der Waals surface area (Å²) in [6.45, 7) is 0. The summed E-state index contributed by atoms with van der Waals surface area (Å²) in [5.74, 6) is 0. The van der Waals surface area contributed by atoms with Gasteiger partial charge >= 0.3 is 0 Å². The van der Waals surface area contributed by atoms with Crippen LogP contribution in [-0.4, -0.2) is 0 Å². The van der Waals surface area contributed by atoms with Crippen molar-refractivity contribution in [2.24, 2.45) is 0 Å². The average molecular weight is 219 g/mol. The van der Waals surface area contributed by atoms with Crippen molar-refractivity contribution in [1.29, 1.82) is 0 Å². The number of nitrogen functional groups attached to an aromatic ring is 1. The van der Waals surface area contributed by atoms with Gasteiger partial charge in [0.15, 0.2) is 0 Å². The third-order valence-electron chi connectivity index (χ3n) is 3.89. The van der Waals surface area contributed by atoms with E-state index in [2.05, 4.69) is 36.4 Å². The van der Waals surface area contributed by atoms with E-state index in [-0.39, 0.29) is 0 Å². The lowest BCUT2D eigenvalue weighted by Gasteiger charge is -2.08. The quantitative estimate of drug-likeness (QED) is 0.453. The molecule has 0 saturated carbocycles. The maximum Gasteiger partial charge on any atom is 0.0394 e. The van der Waals surface area contributed by atoms with E-state index in [1.54, 1.807) is 0 Å². The first kappa shape index (κ1) is 9.06. The van der Waals surface area contributed by atoms with Gasteiger partial charge in [-0.15, -0.1) is 0 Å². The molecule has 0 heterocycles. The predicted molar refractivity (Wildman–Crippen MR) is 73.3 cm³/mol. The molecule has 82 valence electrons. The van der Waals surface area contributed by atoms with Crippen molar-refractivity contribution >= 4 is 27.2 Å². The monoisotopic (exact) mass is 219 g/mol. The van der Waals surface area contributed by atoms with Crippen LogP contribution < -0.4 is 5.73 Å². The predicted octanol–water partition coefficient (Wildman–Crippen LogP) is 3.67. The van der Waals surface area contributed by atoms with Crippen LogP contribution in [0, 0.1) is 0 Å². The van der Waals surface area contributed by atoms with E-state index >= 15 is 0 Å². The van der Waals surface area contributed by atoms with Crippen LogP contribution in [0.15, 0.2) is 42.5 Å². The van der Waals surface area contributed by atoms with Crippen molar-refractivity contribution in [2.75, 3.05) is 5.73 Å². The molecule has 0 aromatic heterocycles. The van der Waals surface area contributed by atoms with Crippen molar-refractivity contribution in [1.82, 2.24) is 0 Å². The van der Waals surface area contributed by atoms with Crippen LogP contribution in [0.25, 0.3) is 21.5 Å². The molecule has 4 rings (SSSR count). The Morgan fingerprint density at radius 3 is 2.71 bits per heavy atom. The Morgan fingerprint density at radius 1 is 0.882 bits per heavy atom. The van der Waals surface area contributed by atoms with E-state index in [1.165, 1.54) is 39.1 Å². The zero-order valence-corrected chi connectivity index (χ0v) is 9.53. The molecule has 1 aliphatic rings. The van der Waals surface area contributed by atoms with Crippen molar-refractivity contribution in [3.8, 4) is 0 Å². The Morgan fingerprint density at radius 2 is 1.76 bits per heavy atom. The minimum atomic E-state index is 0.887. The van der Waals surface area contributed by atoms with Gasteiger partial charge in [0.25, 0.3) is 0 Å². The number of hydrogen-bond acceptors (Lipinski definition) is 1. The molecule has 0 saturated heterocycles. The lowest BCUT2D eigenvalue weighted by molar-refractivity contribution is 1.03. The first-order chi connectivity index (χ1) is 8.34. The van der Waals surface area contributed by atoms with E-state index in [0.717, 1.165) is 12.1 Å². The molecule has 3 aromatic rings. The van der Waals surface area contributed by atoms with Crippen molar-refractivity contribution in [2.45, 2.75) is 12.8 Å². The highest BCUT2D eigenvalue weighted by Gasteiger charge is 2.17. The van der Waals surface area contributed by atoms with Crippen LogP contribution in [0.4, 0.5) is 5.69 Å². The number of nitrogens with two attached hydrogens (primary N) is 1. The second-order valence-electron chi connectivity index (χ2n) is 4.81. The second-order valence-corrected chi connectivity index (χ2v) is 4.81. The standard InChI is InChI=1S/C16H13N/c17-15-6-2-5-12-13-8-7-10-3-1-4-11(16(10)13)9-14(12)15/h1-6,9H,7-8,17H2. The molecule has 1 nitrogen and oxygen atoms in total. The fourth-order valence-electron chi connectivity index (χ4n) is 3.13. The number of anilines is 1. The molecule has 0 amide bonds. The van der Waals surface area contributed by atoms with E-state index in [0.29, 0.717) is 0 Å². The van der Waals surface area contributed by atoms with Gasteiger partial charge < -0.3 is 5.73 Å². The van der Waals surface area contributed by atoms with E-state index in [9.17, 15) is 0 Å². The average Bonchev–Trinajstić information content (AvgIpc) is 2.77. The van der Waals surface area contributed by atoms with Crippen LogP contribution in [0.2, 0.25) is 0 Å². The molecule has 1 aliphatic carbocycles. The van der Waals surface area contributed by atoms with Crippen molar-refractivity contribution in [3.05, 3.63) is 53.6 Å². The first-order valence-corrected chi connectivity index (χ1v) is 6.06. The van der Waals surface area contributed by atoms with Crippen LogP contribution >= 0.6 is 0 Å². The highest BCUT2D eigenvalue weighted by molar-refractivity contribution is 6.08. The SMILES string of the molecule is Nc1cccc2c3c4c(cccc4cc12)CC3. The molecule has 0 bridgehead atoms. The Kier molecular flexibility index (Phi) is 1.60. The zero-order chi connectivity index (χ0) is 11.4. The summed E-state index contributed by atoms with van der Waals surface area (Å²) >= 11 is 0.